The first-order chi connectivity index (χ1) is 13.9. The van der Waals surface area contributed by atoms with Crippen LogP contribution >= 0.6 is 0 Å². The van der Waals surface area contributed by atoms with Gasteiger partial charge < -0.3 is 15.6 Å². The molecule has 3 rings (SSSR count). The molecule has 2 aromatic rings. The highest BCUT2D eigenvalue weighted by molar-refractivity contribution is 5.92. The van der Waals surface area contributed by atoms with Gasteiger partial charge in [-0.15, -0.1) is 10.2 Å². The molecular formula is C23H35N5O. The van der Waals surface area contributed by atoms with Crippen molar-refractivity contribution in [1.29, 1.82) is 0 Å². The van der Waals surface area contributed by atoms with Crippen LogP contribution in [0.3, 0.4) is 0 Å². The second-order valence-electron chi connectivity index (χ2n) is 8.86. The second kappa shape index (κ2) is 9.53. The molecule has 0 saturated heterocycles. The van der Waals surface area contributed by atoms with E-state index in [1.807, 2.05) is 26.0 Å². The first-order valence-electron chi connectivity index (χ1n) is 10.9. The Bertz CT molecular complexity index is 838. The van der Waals surface area contributed by atoms with Gasteiger partial charge in [0.2, 0.25) is 5.91 Å². The predicted octanol–water partition coefficient (Wildman–Crippen LogP) is 4.28. The minimum Gasteiger partial charge on any atom is -0.330 e. The number of rotatable bonds is 10. The van der Waals surface area contributed by atoms with Crippen molar-refractivity contribution in [3.8, 4) is 0 Å². The number of nitrogens with two attached hydrogens (primary N) is 1. The summed E-state index contributed by atoms with van der Waals surface area (Å²) in [6.07, 6.45) is 5.88. The van der Waals surface area contributed by atoms with Gasteiger partial charge in [-0.2, -0.15) is 0 Å². The molecule has 0 radical (unpaired) electrons. The van der Waals surface area contributed by atoms with Crippen LogP contribution in [0.2, 0.25) is 0 Å². The highest BCUT2D eigenvalue weighted by atomic mass is 16.1. The van der Waals surface area contributed by atoms with E-state index in [1.54, 1.807) is 0 Å². The fourth-order valence-corrected chi connectivity index (χ4v) is 3.84. The fourth-order valence-electron chi connectivity index (χ4n) is 3.84. The van der Waals surface area contributed by atoms with E-state index >= 15 is 0 Å². The summed E-state index contributed by atoms with van der Waals surface area (Å²) < 4.78 is 2.28. The third kappa shape index (κ3) is 5.66. The average Bonchev–Trinajstić information content (AvgIpc) is 3.42. The van der Waals surface area contributed by atoms with E-state index in [2.05, 4.69) is 40.0 Å². The number of nitrogens with one attached hydrogen (secondary N) is 1. The number of anilines is 1. The van der Waals surface area contributed by atoms with E-state index < -0.39 is 0 Å². The maximum atomic E-state index is 12.7. The Balaban J connectivity index is 1.70. The lowest BCUT2D eigenvalue weighted by atomic mass is 10.0. The van der Waals surface area contributed by atoms with Gasteiger partial charge in [0, 0.05) is 37.0 Å². The van der Waals surface area contributed by atoms with E-state index in [0.29, 0.717) is 24.9 Å². The smallest absolute Gasteiger partial charge is 0.225 e. The number of carbonyl (C=O) groups excluding carboxylic acids is 1. The summed E-state index contributed by atoms with van der Waals surface area (Å²) in [5.74, 6) is 2.48. The Labute approximate surface area is 174 Å². The van der Waals surface area contributed by atoms with Crippen LogP contribution in [0.15, 0.2) is 18.2 Å². The van der Waals surface area contributed by atoms with E-state index in [4.69, 9.17) is 5.73 Å². The molecule has 0 bridgehead atoms. The summed E-state index contributed by atoms with van der Waals surface area (Å²) in [5, 5.41) is 12.0. The monoisotopic (exact) mass is 397 g/mol. The van der Waals surface area contributed by atoms with Crippen molar-refractivity contribution < 1.29 is 4.79 Å². The largest absolute Gasteiger partial charge is 0.330 e. The molecule has 6 heteroatoms. The van der Waals surface area contributed by atoms with Crippen molar-refractivity contribution in [3.63, 3.8) is 0 Å². The Morgan fingerprint density at radius 1 is 1.28 bits per heavy atom. The number of aromatic nitrogens is 3. The lowest BCUT2D eigenvalue weighted by Gasteiger charge is -2.17. The van der Waals surface area contributed by atoms with Crippen LogP contribution in [-0.4, -0.2) is 27.2 Å². The van der Waals surface area contributed by atoms with Gasteiger partial charge in [-0.25, -0.2) is 0 Å². The van der Waals surface area contributed by atoms with Crippen LogP contribution in [0.4, 0.5) is 5.69 Å². The lowest BCUT2D eigenvalue weighted by molar-refractivity contribution is -0.116. The molecule has 1 aliphatic rings. The molecule has 1 atom stereocenters. The first-order valence-corrected chi connectivity index (χ1v) is 10.9. The molecular weight excluding hydrogens is 362 g/mol. The number of hydrogen-bond acceptors (Lipinski definition) is 4. The van der Waals surface area contributed by atoms with Crippen LogP contribution in [0.1, 0.15) is 80.7 Å². The van der Waals surface area contributed by atoms with Crippen LogP contribution < -0.4 is 11.1 Å². The maximum Gasteiger partial charge on any atom is 0.225 e. The highest BCUT2D eigenvalue weighted by Crippen LogP contribution is 2.38. The van der Waals surface area contributed by atoms with Crippen LogP contribution in [0.5, 0.6) is 0 Å². The third-order valence-corrected chi connectivity index (χ3v) is 5.62. The van der Waals surface area contributed by atoms with E-state index in [0.717, 1.165) is 48.6 Å². The third-order valence-electron chi connectivity index (χ3n) is 5.62. The van der Waals surface area contributed by atoms with E-state index in [1.165, 1.54) is 12.0 Å². The van der Waals surface area contributed by atoms with Crippen molar-refractivity contribution in [3.05, 3.63) is 41.0 Å². The standard InChI is InChI=1S/C23H35N5O/c1-15(2)6-5-7-21-26-27-23(28(21)19-9-10-19)18(14-24)13-22(29)25-20-11-8-16(3)12-17(20)4/h8,11-12,15,18-19H,5-7,9-10,13-14,24H2,1-4H3,(H,25,29). The van der Waals surface area contributed by atoms with Crippen molar-refractivity contribution in [2.75, 3.05) is 11.9 Å². The Hall–Kier alpha value is -2.21. The molecule has 1 aromatic carbocycles. The van der Waals surface area contributed by atoms with Gasteiger partial charge in [0.15, 0.2) is 0 Å². The van der Waals surface area contributed by atoms with Crippen LogP contribution in [0, 0.1) is 19.8 Å². The molecule has 1 aromatic heterocycles. The number of hydrogen-bond donors (Lipinski definition) is 2. The molecule has 1 heterocycles. The SMILES string of the molecule is Cc1ccc(NC(=O)CC(CN)c2nnc(CCCC(C)C)n2C2CC2)c(C)c1. The second-order valence-corrected chi connectivity index (χ2v) is 8.86. The van der Waals surface area contributed by atoms with Gasteiger partial charge in [0.1, 0.15) is 11.6 Å². The fraction of sp³-hybridized carbons (Fsp3) is 0.609. The van der Waals surface area contributed by atoms with E-state index in [9.17, 15) is 4.79 Å². The average molecular weight is 398 g/mol. The quantitative estimate of drug-likeness (QED) is 0.626. The number of aryl methyl sites for hydroxylation is 3. The first kappa shape index (κ1) is 21.5. The highest BCUT2D eigenvalue weighted by Gasteiger charge is 2.32. The molecule has 29 heavy (non-hydrogen) atoms. The number of carbonyl (C=O) groups is 1. The Morgan fingerprint density at radius 2 is 2.03 bits per heavy atom. The minimum absolute atomic E-state index is 0.0286. The van der Waals surface area contributed by atoms with Crippen molar-refractivity contribution >= 4 is 11.6 Å². The molecule has 1 aliphatic carbocycles. The van der Waals surface area contributed by atoms with Gasteiger partial charge in [-0.1, -0.05) is 38.0 Å². The van der Waals surface area contributed by atoms with Gasteiger partial charge in [0.25, 0.3) is 0 Å². The number of benzene rings is 1. The summed E-state index contributed by atoms with van der Waals surface area (Å²) in [5.41, 5.74) is 9.18. The molecule has 0 aliphatic heterocycles. The lowest BCUT2D eigenvalue weighted by Crippen LogP contribution is -2.24. The van der Waals surface area contributed by atoms with Crippen LogP contribution in [0.25, 0.3) is 0 Å². The predicted molar refractivity (Wildman–Crippen MR) is 117 cm³/mol. The summed E-state index contributed by atoms with van der Waals surface area (Å²) in [7, 11) is 0. The van der Waals surface area contributed by atoms with Crippen molar-refractivity contribution in [2.24, 2.45) is 11.7 Å². The maximum absolute atomic E-state index is 12.7. The topological polar surface area (TPSA) is 85.8 Å². The van der Waals surface area contributed by atoms with Crippen molar-refractivity contribution in [2.45, 2.75) is 78.2 Å². The molecule has 3 N–H and O–H groups in total. The van der Waals surface area contributed by atoms with Gasteiger partial charge in [-0.3, -0.25) is 4.79 Å². The number of amides is 1. The molecule has 1 fully saturated rings. The summed E-state index contributed by atoms with van der Waals surface area (Å²) in [6.45, 7) is 8.94. The van der Waals surface area contributed by atoms with E-state index in [-0.39, 0.29) is 11.8 Å². The van der Waals surface area contributed by atoms with Gasteiger partial charge in [-0.05, 0) is 50.7 Å². The van der Waals surface area contributed by atoms with Gasteiger partial charge >= 0.3 is 0 Å². The minimum atomic E-state index is -0.118. The summed E-state index contributed by atoms with van der Waals surface area (Å²) in [4.78, 5) is 12.7. The summed E-state index contributed by atoms with van der Waals surface area (Å²) in [6, 6.07) is 6.52. The molecule has 1 unspecified atom stereocenters. The Morgan fingerprint density at radius 3 is 2.66 bits per heavy atom. The number of nitrogens with zero attached hydrogens (tertiary/aromatic N) is 3. The van der Waals surface area contributed by atoms with Gasteiger partial charge in [0.05, 0.1) is 0 Å². The summed E-state index contributed by atoms with van der Waals surface area (Å²) >= 11 is 0. The van der Waals surface area contributed by atoms with Crippen molar-refractivity contribution in [1.82, 2.24) is 14.8 Å². The molecule has 6 nitrogen and oxygen atoms in total. The zero-order valence-corrected chi connectivity index (χ0v) is 18.2. The Kier molecular flexibility index (Phi) is 7.06. The zero-order valence-electron chi connectivity index (χ0n) is 18.2. The van der Waals surface area contributed by atoms with Crippen LogP contribution in [-0.2, 0) is 11.2 Å². The molecule has 158 valence electrons. The molecule has 0 spiro atoms. The normalized spacial score (nSPS) is 15.0. The molecule has 1 amide bonds. The molecule has 1 saturated carbocycles. The zero-order chi connectivity index (χ0) is 21.0.